The Morgan fingerprint density at radius 2 is 2.13 bits per heavy atom. The first-order valence-corrected chi connectivity index (χ1v) is 5.18. The molecule has 0 amide bonds. The van der Waals surface area contributed by atoms with Crippen molar-refractivity contribution in [1.82, 2.24) is 9.97 Å². The monoisotopic (exact) mass is 226 g/mol. The molecule has 0 unspecified atom stereocenters. The molecule has 0 saturated carbocycles. The minimum absolute atomic E-state index is 0.204. The molecule has 15 heavy (non-hydrogen) atoms. The van der Waals surface area contributed by atoms with Gasteiger partial charge in [-0.1, -0.05) is 0 Å². The molecule has 0 atom stereocenters. The van der Waals surface area contributed by atoms with Crippen LogP contribution in [0.15, 0.2) is 6.07 Å². The maximum absolute atomic E-state index is 5.74. The van der Waals surface area contributed by atoms with E-state index in [9.17, 15) is 0 Å². The average Bonchev–Trinajstić information content (AvgIpc) is 1.95. The Labute approximate surface area is 92.2 Å². The highest BCUT2D eigenvalue weighted by atomic mass is 35.5. The summed E-state index contributed by atoms with van der Waals surface area (Å²) in [5, 5.41) is 0.204. The molecule has 2 fully saturated rings. The topological polar surface area (TPSA) is 64.3 Å². The summed E-state index contributed by atoms with van der Waals surface area (Å²) in [5.74, 6) is 1.22. The summed E-state index contributed by atoms with van der Waals surface area (Å²) in [5.41, 5.74) is 5.97. The third-order valence-corrected chi connectivity index (χ3v) is 3.07. The van der Waals surface area contributed by atoms with Crippen molar-refractivity contribution in [3.05, 3.63) is 11.3 Å². The van der Waals surface area contributed by atoms with Crippen molar-refractivity contribution in [2.24, 2.45) is 5.41 Å². The van der Waals surface area contributed by atoms with Gasteiger partial charge in [-0.3, -0.25) is 0 Å². The van der Waals surface area contributed by atoms with Gasteiger partial charge in [0.15, 0.2) is 0 Å². The molecular formula is C9H11ClN4O. The van der Waals surface area contributed by atoms with Crippen molar-refractivity contribution in [1.29, 1.82) is 0 Å². The fraction of sp³-hybridized carbons (Fsp3) is 0.556. The normalized spacial score (nSPS) is 22.3. The number of hydrogen-bond donors (Lipinski definition) is 1. The molecule has 0 aromatic carbocycles. The zero-order valence-corrected chi connectivity index (χ0v) is 8.87. The van der Waals surface area contributed by atoms with Gasteiger partial charge in [0.1, 0.15) is 11.6 Å². The lowest BCUT2D eigenvalue weighted by Gasteiger charge is -2.55. The van der Waals surface area contributed by atoms with E-state index in [1.807, 2.05) is 0 Å². The molecule has 3 heterocycles. The van der Waals surface area contributed by atoms with E-state index in [2.05, 4.69) is 14.9 Å². The van der Waals surface area contributed by atoms with Crippen LogP contribution in [-0.4, -0.2) is 36.3 Å². The van der Waals surface area contributed by atoms with Crippen LogP contribution in [0.4, 0.5) is 11.6 Å². The Morgan fingerprint density at radius 1 is 1.40 bits per heavy atom. The highest BCUT2D eigenvalue weighted by Gasteiger charge is 2.49. The zero-order valence-electron chi connectivity index (χ0n) is 8.11. The number of nitrogens with zero attached hydrogens (tertiary/aromatic N) is 3. The van der Waals surface area contributed by atoms with Crippen molar-refractivity contribution < 1.29 is 4.74 Å². The third kappa shape index (κ3) is 1.42. The highest BCUT2D eigenvalue weighted by Crippen LogP contribution is 2.39. The van der Waals surface area contributed by atoms with E-state index in [1.165, 1.54) is 0 Å². The SMILES string of the molecule is Nc1cc(N2CC3(COC3)C2)nc(Cl)n1. The molecule has 2 saturated heterocycles. The first-order valence-electron chi connectivity index (χ1n) is 4.80. The minimum atomic E-state index is 0.204. The molecule has 5 nitrogen and oxygen atoms in total. The quantitative estimate of drug-likeness (QED) is 0.709. The average molecular weight is 227 g/mol. The molecule has 0 radical (unpaired) electrons. The molecule has 2 aliphatic heterocycles. The number of nitrogen functional groups attached to an aromatic ring is 1. The van der Waals surface area contributed by atoms with E-state index >= 15 is 0 Å². The van der Waals surface area contributed by atoms with Gasteiger partial charge in [-0.25, -0.2) is 9.97 Å². The van der Waals surface area contributed by atoms with E-state index in [4.69, 9.17) is 22.1 Å². The second-order valence-corrected chi connectivity index (χ2v) is 4.61. The molecule has 80 valence electrons. The van der Waals surface area contributed by atoms with Crippen molar-refractivity contribution in [3.63, 3.8) is 0 Å². The Kier molecular flexibility index (Phi) is 1.81. The standard InChI is InChI=1S/C9H11ClN4O/c10-8-12-6(11)1-7(13-8)14-2-9(3-14)4-15-5-9/h1H,2-5H2,(H2,11,12,13). The lowest BCUT2D eigenvalue weighted by molar-refractivity contribution is -0.127. The number of rotatable bonds is 1. The predicted octanol–water partition coefficient (Wildman–Crippen LogP) is 0.549. The summed E-state index contributed by atoms with van der Waals surface area (Å²) >= 11 is 5.74. The molecule has 0 bridgehead atoms. The largest absolute Gasteiger partial charge is 0.383 e. The van der Waals surface area contributed by atoms with Gasteiger partial charge in [-0.15, -0.1) is 0 Å². The summed E-state index contributed by atoms with van der Waals surface area (Å²) < 4.78 is 5.20. The van der Waals surface area contributed by atoms with Crippen LogP contribution in [0.5, 0.6) is 0 Å². The van der Waals surface area contributed by atoms with Crippen LogP contribution in [0.3, 0.4) is 0 Å². The second kappa shape index (κ2) is 2.96. The maximum Gasteiger partial charge on any atom is 0.226 e. The van der Waals surface area contributed by atoms with E-state index < -0.39 is 0 Å². The van der Waals surface area contributed by atoms with Gasteiger partial charge in [-0.05, 0) is 11.6 Å². The summed E-state index contributed by atoms with van der Waals surface area (Å²) in [6.07, 6.45) is 0. The van der Waals surface area contributed by atoms with Gasteiger partial charge in [0.25, 0.3) is 0 Å². The highest BCUT2D eigenvalue weighted by molar-refractivity contribution is 6.28. The molecular weight excluding hydrogens is 216 g/mol. The fourth-order valence-electron chi connectivity index (χ4n) is 2.08. The number of aromatic nitrogens is 2. The number of ether oxygens (including phenoxy) is 1. The summed E-state index contributed by atoms with van der Waals surface area (Å²) in [4.78, 5) is 10.1. The third-order valence-electron chi connectivity index (χ3n) is 2.90. The van der Waals surface area contributed by atoms with E-state index in [1.54, 1.807) is 6.07 Å². The molecule has 1 spiro atoms. The van der Waals surface area contributed by atoms with E-state index in [0.29, 0.717) is 11.2 Å². The van der Waals surface area contributed by atoms with Gasteiger partial charge in [-0.2, -0.15) is 0 Å². The molecule has 1 aromatic heterocycles. The smallest absolute Gasteiger partial charge is 0.226 e. The lowest BCUT2D eigenvalue weighted by atomic mass is 9.78. The number of halogens is 1. The Hall–Kier alpha value is -1.07. The lowest BCUT2D eigenvalue weighted by Crippen LogP contribution is -2.66. The van der Waals surface area contributed by atoms with Crippen molar-refractivity contribution in [2.75, 3.05) is 36.9 Å². The van der Waals surface area contributed by atoms with Gasteiger partial charge in [0, 0.05) is 19.2 Å². The van der Waals surface area contributed by atoms with Crippen LogP contribution in [0.1, 0.15) is 0 Å². The number of anilines is 2. The van der Waals surface area contributed by atoms with Gasteiger partial charge < -0.3 is 15.4 Å². The Balaban J connectivity index is 1.77. The predicted molar refractivity (Wildman–Crippen MR) is 56.9 cm³/mol. The van der Waals surface area contributed by atoms with E-state index in [0.717, 1.165) is 32.1 Å². The molecule has 2 aliphatic rings. The summed E-state index contributed by atoms with van der Waals surface area (Å²) in [6, 6.07) is 1.75. The van der Waals surface area contributed by atoms with Gasteiger partial charge >= 0.3 is 0 Å². The van der Waals surface area contributed by atoms with E-state index in [-0.39, 0.29) is 5.28 Å². The molecule has 3 rings (SSSR count). The van der Waals surface area contributed by atoms with Crippen LogP contribution in [0, 0.1) is 5.41 Å². The van der Waals surface area contributed by atoms with Crippen LogP contribution in [0.25, 0.3) is 0 Å². The maximum atomic E-state index is 5.74. The molecule has 2 N–H and O–H groups in total. The number of nitrogens with two attached hydrogens (primary N) is 1. The van der Waals surface area contributed by atoms with Crippen molar-refractivity contribution in [2.45, 2.75) is 0 Å². The van der Waals surface area contributed by atoms with Crippen LogP contribution in [-0.2, 0) is 4.74 Å². The van der Waals surface area contributed by atoms with Gasteiger partial charge in [0.2, 0.25) is 5.28 Å². The Morgan fingerprint density at radius 3 is 2.67 bits per heavy atom. The second-order valence-electron chi connectivity index (χ2n) is 4.27. The van der Waals surface area contributed by atoms with Crippen LogP contribution < -0.4 is 10.6 Å². The van der Waals surface area contributed by atoms with Crippen LogP contribution >= 0.6 is 11.6 Å². The number of hydrogen-bond acceptors (Lipinski definition) is 5. The van der Waals surface area contributed by atoms with Crippen LogP contribution in [0.2, 0.25) is 5.28 Å². The molecule has 6 heteroatoms. The molecule has 0 aliphatic carbocycles. The summed E-state index contributed by atoms with van der Waals surface area (Å²) in [6.45, 7) is 3.66. The molecule has 1 aromatic rings. The Bertz CT molecular complexity index is 379. The van der Waals surface area contributed by atoms with Crippen molar-refractivity contribution in [3.8, 4) is 0 Å². The van der Waals surface area contributed by atoms with Crippen molar-refractivity contribution >= 4 is 23.2 Å². The fourth-order valence-corrected chi connectivity index (χ4v) is 2.27. The first kappa shape index (κ1) is 9.18. The van der Waals surface area contributed by atoms with Gasteiger partial charge in [0.05, 0.1) is 18.6 Å². The minimum Gasteiger partial charge on any atom is -0.383 e. The summed E-state index contributed by atoms with van der Waals surface area (Å²) in [7, 11) is 0. The first-order chi connectivity index (χ1) is 7.17. The zero-order chi connectivity index (χ0) is 10.5.